The third-order valence-corrected chi connectivity index (χ3v) is 7.24. The Bertz CT molecular complexity index is 506. The van der Waals surface area contributed by atoms with E-state index >= 15 is 0 Å². The van der Waals surface area contributed by atoms with Gasteiger partial charge in [-0.15, -0.1) is 11.3 Å². The molecule has 1 saturated heterocycles. The zero-order valence-corrected chi connectivity index (χ0v) is 16.9. The molecule has 1 aliphatic carbocycles. The molecule has 5 nitrogen and oxygen atoms in total. The Hall–Kier alpha value is -0.790. The van der Waals surface area contributed by atoms with Gasteiger partial charge in [0.15, 0.2) is 5.96 Å². The molecule has 0 aromatic carbocycles. The Morgan fingerprint density at radius 1 is 1.32 bits per heavy atom. The van der Waals surface area contributed by atoms with Gasteiger partial charge in [-0.25, -0.2) is 4.98 Å². The van der Waals surface area contributed by atoms with Gasteiger partial charge in [0.2, 0.25) is 0 Å². The Morgan fingerprint density at radius 3 is 2.80 bits per heavy atom. The number of likely N-dealkylation sites (tertiary alicyclic amines) is 1. The number of hydrogen-bond acceptors (Lipinski definition) is 5. The molecule has 2 aliphatic rings. The van der Waals surface area contributed by atoms with Crippen molar-refractivity contribution in [2.75, 3.05) is 32.4 Å². The number of piperidine rings is 1. The number of guanidine groups is 1. The van der Waals surface area contributed by atoms with Gasteiger partial charge in [0, 0.05) is 56.1 Å². The van der Waals surface area contributed by atoms with Crippen LogP contribution in [-0.4, -0.2) is 60.4 Å². The van der Waals surface area contributed by atoms with Crippen LogP contribution in [0.25, 0.3) is 0 Å². The predicted octanol–water partition coefficient (Wildman–Crippen LogP) is 3.20. The molecule has 1 saturated carbocycles. The van der Waals surface area contributed by atoms with E-state index in [-0.39, 0.29) is 0 Å². The minimum atomic E-state index is 0.563. The minimum absolute atomic E-state index is 0.563. The Kier molecular flexibility index (Phi) is 7.88. The van der Waals surface area contributed by atoms with Crippen LogP contribution in [0.1, 0.15) is 44.9 Å². The first-order chi connectivity index (χ1) is 12.3. The lowest BCUT2D eigenvalue weighted by molar-refractivity contribution is 0.150. The van der Waals surface area contributed by atoms with Crippen molar-refractivity contribution in [1.82, 2.24) is 20.5 Å². The van der Waals surface area contributed by atoms with Crippen molar-refractivity contribution in [3.05, 3.63) is 11.6 Å². The van der Waals surface area contributed by atoms with Crippen LogP contribution in [0.15, 0.2) is 20.9 Å². The summed E-state index contributed by atoms with van der Waals surface area (Å²) in [4.78, 5) is 11.4. The van der Waals surface area contributed by atoms with Gasteiger partial charge in [0.05, 0.1) is 0 Å². The van der Waals surface area contributed by atoms with Crippen LogP contribution in [0.3, 0.4) is 0 Å². The quantitative estimate of drug-likeness (QED) is 0.329. The summed E-state index contributed by atoms with van der Waals surface area (Å²) >= 11 is 3.55. The largest absolute Gasteiger partial charge is 0.356 e. The van der Waals surface area contributed by atoms with E-state index in [9.17, 15) is 0 Å². The predicted molar refractivity (Wildman–Crippen MR) is 109 cm³/mol. The molecule has 1 aromatic heterocycles. The molecule has 3 rings (SSSR count). The number of thiazole rings is 1. The van der Waals surface area contributed by atoms with Crippen LogP contribution in [0.2, 0.25) is 0 Å². The van der Waals surface area contributed by atoms with Gasteiger partial charge in [0.1, 0.15) is 4.34 Å². The van der Waals surface area contributed by atoms with Gasteiger partial charge in [0.25, 0.3) is 0 Å². The summed E-state index contributed by atoms with van der Waals surface area (Å²) in [7, 11) is 1.87. The second kappa shape index (κ2) is 10.4. The number of aliphatic imine (C=N–C) groups is 1. The summed E-state index contributed by atoms with van der Waals surface area (Å²) in [5, 5.41) is 9.11. The smallest absolute Gasteiger partial charge is 0.191 e. The van der Waals surface area contributed by atoms with Crippen LogP contribution >= 0.6 is 23.1 Å². The lowest BCUT2D eigenvalue weighted by Crippen LogP contribution is -2.50. The van der Waals surface area contributed by atoms with Gasteiger partial charge in [-0.3, -0.25) is 4.99 Å². The molecular weight excluding hydrogens is 350 g/mol. The van der Waals surface area contributed by atoms with E-state index in [1.165, 1.54) is 51.6 Å². The number of nitrogens with zero attached hydrogens (tertiary/aromatic N) is 3. The lowest BCUT2D eigenvalue weighted by atomic mass is 10.0. The van der Waals surface area contributed by atoms with Crippen LogP contribution < -0.4 is 10.6 Å². The van der Waals surface area contributed by atoms with Gasteiger partial charge in [-0.1, -0.05) is 24.6 Å². The van der Waals surface area contributed by atoms with Gasteiger partial charge in [-0.05, 0) is 32.1 Å². The third-order valence-electron chi connectivity index (χ3n) is 5.18. The number of hydrogen-bond donors (Lipinski definition) is 2. The normalized spacial score (nSPS) is 20.9. The molecule has 0 unspecified atom stereocenters. The van der Waals surface area contributed by atoms with Crippen molar-refractivity contribution in [3.8, 4) is 0 Å². The molecule has 0 amide bonds. The molecule has 2 N–H and O–H groups in total. The maximum Gasteiger partial charge on any atom is 0.191 e. The fraction of sp³-hybridized carbons (Fsp3) is 0.778. The number of rotatable bonds is 7. The van der Waals surface area contributed by atoms with E-state index in [2.05, 4.69) is 25.5 Å². The Morgan fingerprint density at radius 2 is 2.12 bits per heavy atom. The van der Waals surface area contributed by atoms with Crippen LogP contribution in [0, 0.1) is 0 Å². The first kappa shape index (κ1) is 19.0. The first-order valence-corrected chi connectivity index (χ1v) is 11.4. The molecule has 0 bridgehead atoms. The lowest BCUT2D eigenvalue weighted by Gasteiger charge is -2.36. The average molecular weight is 382 g/mol. The van der Waals surface area contributed by atoms with Crippen molar-refractivity contribution in [2.24, 2.45) is 4.99 Å². The summed E-state index contributed by atoms with van der Waals surface area (Å²) in [6.07, 6.45) is 11.1. The van der Waals surface area contributed by atoms with E-state index in [1.807, 2.05) is 30.4 Å². The summed E-state index contributed by atoms with van der Waals surface area (Å²) in [6, 6.07) is 1.43. The molecule has 2 heterocycles. The molecule has 25 heavy (non-hydrogen) atoms. The second-order valence-electron chi connectivity index (χ2n) is 6.89. The Balaban J connectivity index is 1.28. The minimum Gasteiger partial charge on any atom is -0.356 e. The molecule has 0 radical (unpaired) electrons. The highest BCUT2D eigenvalue weighted by Gasteiger charge is 2.27. The van der Waals surface area contributed by atoms with Gasteiger partial charge in [-0.2, -0.15) is 0 Å². The molecule has 1 aromatic rings. The summed E-state index contributed by atoms with van der Waals surface area (Å²) in [5.41, 5.74) is 0. The number of aromatic nitrogens is 1. The zero-order chi connectivity index (χ0) is 17.3. The summed E-state index contributed by atoms with van der Waals surface area (Å²) in [6.45, 7) is 3.44. The van der Waals surface area contributed by atoms with E-state index in [4.69, 9.17) is 0 Å². The number of thioether (sulfide) groups is 1. The highest BCUT2D eigenvalue weighted by atomic mass is 32.2. The van der Waals surface area contributed by atoms with Gasteiger partial charge < -0.3 is 15.5 Å². The molecule has 7 heteroatoms. The van der Waals surface area contributed by atoms with Crippen molar-refractivity contribution >= 4 is 29.1 Å². The molecule has 0 spiro atoms. The topological polar surface area (TPSA) is 52.6 Å². The molecule has 2 fully saturated rings. The fourth-order valence-corrected chi connectivity index (χ4v) is 5.43. The maximum absolute atomic E-state index is 4.39. The van der Waals surface area contributed by atoms with Gasteiger partial charge >= 0.3 is 0 Å². The van der Waals surface area contributed by atoms with Crippen molar-refractivity contribution in [1.29, 1.82) is 0 Å². The van der Waals surface area contributed by atoms with Crippen molar-refractivity contribution in [3.63, 3.8) is 0 Å². The molecular formula is C18H31N5S2. The third kappa shape index (κ3) is 6.15. The van der Waals surface area contributed by atoms with Crippen molar-refractivity contribution in [2.45, 2.75) is 61.4 Å². The fourth-order valence-electron chi connectivity index (χ4n) is 3.79. The van der Waals surface area contributed by atoms with Crippen LogP contribution in [0.4, 0.5) is 0 Å². The van der Waals surface area contributed by atoms with E-state index in [0.29, 0.717) is 6.04 Å². The van der Waals surface area contributed by atoms with Crippen LogP contribution in [-0.2, 0) is 0 Å². The maximum atomic E-state index is 4.39. The molecule has 0 atom stereocenters. The first-order valence-electron chi connectivity index (χ1n) is 9.58. The monoisotopic (exact) mass is 381 g/mol. The van der Waals surface area contributed by atoms with Crippen molar-refractivity contribution < 1.29 is 0 Å². The standard InChI is InChI=1S/C18H31N5S2/c1-19-17(20-9-4-13-24-18-21-10-14-25-18)22-15-7-11-23(12-8-15)16-5-2-3-6-16/h10,14-16H,2-9,11-13H2,1H3,(H2,19,20,22). The molecule has 1 aliphatic heterocycles. The average Bonchev–Trinajstić information content (AvgIpc) is 3.35. The SMILES string of the molecule is CN=C(NCCCSc1nccs1)NC1CCN(C2CCCC2)CC1. The van der Waals surface area contributed by atoms with E-state index in [1.54, 1.807) is 11.3 Å². The highest BCUT2D eigenvalue weighted by Crippen LogP contribution is 2.26. The molecule has 140 valence electrons. The Labute approximate surface area is 160 Å². The number of nitrogens with one attached hydrogen (secondary N) is 2. The zero-order valence-electron chi connectivity index (χ0n) is 15.2. The summed E-state index contributed by atoms with van der Waals surface area (Å²) in [5.74, 6) is 2.05. The highest BCUT2D eigenvalue weighted by molar-refractivity contribution is 8.00. The van der Waals surface area contributed by atoms with E-state index in [0.717, 1.165) is 35.1 Å². The summed E-state index contributed by atoms with van der Waals surface area (Å²) < 4.78 is 1.16. The van der Waals surface area contributed by atoms with E-state index < -0.39 is 0 Å². The second-order valence-corrected chi connectivity index (χ2v) is 9.13. The van der Waals surface area contributed by atoms with Crippen LogP contribution in [0.5, 0.6) is 0 Å².